The average molecular weight is 264 g/mol. The highest BCUT2D eigenvalue weighted by Gasteiger charge is 2.12. The van der Waals surface area contributed by atoms with Gasteiger partial charge < -0.3 is 16.2 Å². The van der Waals surface area contributed by atoms with Gasteiger partial charge in [-0.2, -0.15) is 0 Å². The molecule has 1 amide bonds. The largest absolute Gasteiger partial charge is 0.394 e. The molecule has 4 heteroatoms. The van der Waals surface area contributed by atoms with Crippen LogP contribution in [0.3, 0.4) is 0 Å². The van der Waals surface area contributed by atoms with Crippen LogP contribution in [0.5, 0.6) is 0 Å². The molecule has 0 unspecified atom stereocenters. The van der Waals surface area contributed by atoms with E-state index in [1.165, 1.54) is 0 Å². The Morgan fingerprint density at radius 3 is 2.47 bits per heavy atom. The Morgan fingerprint density at radius 2 is 1.84 bits per heavy atom. The van der Waals surface area contributed by atoms with Crippen LogP contribution < -0.4 is 11.1 Å². The van der Waals surface area contributed by atoms with E-state index in [0.29, 0.717) is 13.0 Å². The molecular weight excluding hydrogens is 240 g/mol. The van der Waals surface area contributed by atoms with Gasteiger partial charge in [0.25, 0.3) is 0 Å². The van der Waals surface area contributed by atoms with Crippen LogP contribution in [0, 0.1) is 0 Å². The van der Waals surface area contributed by atoms with Crippen molar-refractivity contribution in [3.8, 4) is 0 Å². The number of benzene rings is 1. The van der Waals surface area contributed by atoms with Crippen molar-refractivity contribution in [1.82, 2.24) is 5.32 Å². The zero-order valence-electron chi connectivity index (χ0n) is 11.3. The number of carbonyl (C=O) groups excluding carboxylic acids is 1. The summed E-state index contributed by atoms with van der Waals surface area (Å²) in [7, 11) is 0. The lowest BCUT2D eigenvalue weighted by Gasteiger charge is -2.16. The molecule has 1 aromatic rings. The first-order chi connectivity index (χ1) is 9.27. The Bertz CT molecular complexity index is 354. The third-order valence-corrected chi connectivity index (χ3v) is 3.08. The van der Waals surface area contributed by atoms with Crippen molar-refractivity contribution < 1.29 is 9.90 Å². The van der Waals surface area contributed by atoms with E-state index in [-0.39, 0.29) is 18.6 Å². The van der Waals surface area contributed by atoms with E-state index >= 15 is 0 Å². The average Bonchev–Trinajstić information content (AvgIpc) is 2.45. The quantitative estimate of drug-likeness (QED) is 0.595. The Hall–Kier alpha value is -1.39. The van der Waals surface area contributed by atoms with Gasteiger partial charge in [-0.1, -0.05) is 43.2 Å². The van der Waals surface area contributed by atoms with Crippen molar-refractivity contribution >= 4 is 5.91 Å². The molecule has 1 rings (SSSR count). The maximum Gasteiger partial charge on any atom is 0.220 e. The van der Waals surface area contributed by atoms with Crippen LogP contribution in [-0.2, 0) is 4.79 Å². The number of nitrogens with two attached hydrogens (primary N) is 1. The molecule has 0 fully saturated rings. The van der Waals surface area contributed by atoms with Crippen molar-refractivity contribution in [1.29, 1.82) is 0 Å². The zero-order chi connectivity index (χ0) is 13.9. The van der Waals surface area contributed by atoms with Crippen molar-refractivity contribution in [3.05, 3.63) is 35.9 Å². The van der Waals surface area contributed by atoms with Gasteiger partial charge >= 0.3 is 0 Å². The maximum atomic E-state index is 11.8. The maximum absolute atomic E-state index is 11.8. The molecule has 0 heterocycles. The third-order valence-electron chi connectivity index (χ3n) is 3.08. The number of aliphatic hydroxyl groups excluding tert-OH is 1. The molecule has 0 aliphatic rings. The van der Waals surface area contributed by atoms with E-state index in [2.05, 4.69) is 5.32 Å². The second-order valence-electron chi connectivity index (χ2n) is 4.67. The summed E-state index contributed by atoms with van der Waals surface area (Å²) in [6.07, 6.45) is 4.50. The second kappa shape index (κ2) is 9.53. The minimum Gasteiger partial charge on any atom is -0.394 e. The highest BCUT2D eigenvalue weighted by atomic mass is 16.3. The fourth-order valence-electron chi connectivity index (χ4n) is 1.97. The van der Waals surface area contributed by atoms with E-state index in [1.807, 2.05) is 30.3 Å². The van der Waals surface area contributed by atoms with E-state index in [0.717, 1.165) is 31.2 Å². The Morgan fingerprint density at radius 1 is 1.16 bits per heavy atom. The predicted octanol–water partition coefficient (Wildman–Crippen LogP) is 1.75. The summed E-state index contributed by atoms with van der Waals surface area (Å²) in [4.78, 5) is 11.8. The number of nitrogens with one attached hydrogen (secondary N) is 1. The molecule has 0 aliphatic heterocycles. The van der Waals surface area contributed by atoms with Crippen LogP contribution in [0.25, 0.3) is 0 Å². The van der Waals surface area contributed by atoms with Gasteiger partial charge in [0.05, 0.1) is 12.6 Å². The minimum absolute atomic E-state index is 0.00403. The lowest BCUT2D eigenvalue weighted by molar-refractivity contribution is -0.122. The number of aliphatic hydroxyl groups is 1. The topological polar surface area (TPSA) is 75.4 Å². The van der Waals surface area contributed by atoms with Gasteiger partial charge in [-0.3, -0.25) is 4.79 Å². The molecule has 4 nitrogen and oxygen atoms in total. The van der Waals surface area contributed by atoms with Crippen molar-refractivity contribution in [2.45, 2.75) is 38.1 Å². The second-order valence-corrected chi connectivity index (χ2v) is 4.67. The highest BCUT2D eigenvalue weighted by Crippen LogP contribution is 2.12. The SMILES string of the molecule is NCCCCCCC(=O)N[C@@H](CO)c1ccccc1. The molecule has 0 saturated heterocycles. The van der Waals surface area contributed by atoms with Gasteiger partial charge in [-0.05, 0) is 24.9 Å². The molecule has 0 bridgehead atoms. The number of unbranched alkanes of at least 4 members (excludes halogenated alkanes) is 3. The van der Waals surface area contributed by atoms with Gasteiger partial charge in [0, 0.05) is 6.42 Å². The molecule has 106 valence electrons. The van der Waals surface area contributed by atoms with Gasteiger partial charge in [-0.25, -0.2) is 0 Å². The third kappa shape index (κ3) is 6.36. The smallest absolute Gasteiger partial charge is 0.220 e. The predicted molar refractivity (Wildman–Crippen MR) is 76.6 cm³/mol. The van der Waals surface area contributed by atoms with Crippen molar-refractivity contribution in [3.63, 3.8) is 0 Å². The van der Waals surface area contributed by atoms with Gasteiger partial charge in [0.1, 0.15) is 0 Å². The molecule has 4 N–H and O–H groups in total. The van der Waals surface area contributed by atoms with Crippen LogP contribution in [0.2, 0.25) is 0 Å². The van der Waals surface area contributed by atoms with Gasteiger partial charge in [0.15, 0.2) is 0 Å². The van der Waals surface area contributed by atoms with Gasteiger partial charge in [0.2, 0.25) is 5.91 Å². The van der Waals surface area contributed by atoms with E-state index in [9.17, 15) is 9.90 Å². The van der Waals surface area contributed by atoms with Crippen LogP contribution in [0.1, 0.15) is 43.7 Å². The molecular formula is C15H24N2O2. The molecule has 0 aromatic heterocycles. The summed E-state index contributed by atoms with van der Waals surface area (Å²) in [5.41, 5.74) is 6.34. The highest BCUT2D eigenvalue weighted by molar-refractivity contribution is 5.76. The number of amides is 1. The van der Waals surface area contributed by atoms with Crippen LogP contribution >= 0.6 is 0 Å². The minimum atomic E-state index is -0.308. The molecule has 0 radical (unpaired) electrons. The molecule has 0 aliphatic carbocycles. The van der Waals surface area contributed by atoms with Crippen LogP contribution in [0.15, 0.2) is 30.3 Å². The summed E-state index contributed by atoms with van der Waals surface area (Å²) in [5.74, 6) is -0.00403. The normalized spacial score (nSPS) is 12.1. The Kier molecular flexibility index (Phi) is 7.86. The molecule has 1 aromatic carbocycles. The standard InChI is InChI=1S/C15H24N2O2/c16-11-7-2-1-6-10-15(19)17-14(12-18)13-8-4-3-5-9-13/h3-5,8-9,14,18H,1-2,6-7,10-12,16H2,(H,17,19)/t14-/m0/s1. The Balaban J connectivity index is 2.30. The number of rotatable bonds is 9. The summed E-state index contributed by atoms with van der Waals surface area (Å²) >= 11 is 0. The van der Waals surface area contributed by atoms with Crippen molar-refractivity contribution in [2.24, 2.45) is 5.73 Å². The van der Waals surface area contributed by atoms with Crippen molar-refractivity contribution in [2.75, 3.05) is 13.2 Å². The van der Waals surface area contributed by atoms with E-state index < -0.39 is 0 Å². The number of hydrogen-bond acceptors (Lipinski definition) is 3. The fourth-order valence-corrected chi connectivity index (χ4v) is 1.97. The lowest BCUT2D eigenvalue weighted by Crippen LogP contribution is -2.30. The first kappa shape index (κ1) is 15.7. The first-order valence-corrected chi connectivity index (χ1v) is 6.93. The number of hydrogen-bond donors (Lipinski definition) is 3. The summed E-state index contributed by atoms with van der Waals surface area (Å²) in [6.45, 7) is 0.635. The zero-order valence-corrected chi connectivity index (χ0v) is 11.3. The van der Waals surface area contributed by atoms with Crippen LogP contribution in [0.4, 0.5) is 0 Å². The van der Waals surface area contributed by atoms with Gasteiger partial charge in [-0.15, -0.1) is 0 Å². The molecule has 1 atom stereocenters. The Labute approximate surface area is 115 Å². The molecule has 19 heavy (non-hydrogen) atoms. The molecule has 0 saturated carbocycles. The number of carbonyl (C=O) groups is 1. The summed E-state index contributed by atoms with van der Waals surface area (Å²) < 4.78 is 0. The fraction of sp³-hybridized carbons (Fsp3) is 0.533. The van der Waals surface area contributed by atoms with E-state index in [1.54, 1.807) is 0 Å². The molecule has 0 spiro atoms. The monoisotopic (exact) mass is 264 g/mol. The first-order valence-electron chi connectivity index (χ1n) is 6.93. The summed E-state index contributed by atoms with van der Waals surface area (Å²) in [6, 6.07) is 9.22. The lowest BCUT2D eigenvalue weighted by atomic mass is 10.1. The van der Waals surface area contributed by atoms with E-state index in [4.69, 9.17) is 5.73 Å². The van der Waals surface area contributed by atoms with Crippen LogP contribution in [-0.4, -0.2) is 24.2 Å². The summed E-state index contributed by atoms with van der Waals surface area (Å²) in [5, 5.41) is 12.2.